The van der Waals surface area contributed by atoms with Gasteiger partial charge in [0.1, 0.15) is 0 Å². The molecular formula is C14H15N5S. The van der Waals surface area contributed by atoms with Gasteiger partial charge < -0.3 is 5.73 Å². The van der Waals surface area contributed by atoms with E-state index in [0.717, 1.165) is 34.2 Å². The number of nitrogens with zero attached hydrogens (tertiary/aromatic N) is 4. The van der Waals surface area contributed by atoms with Crippen LogP contribution in [0.15, 0.2) is 35.7 Å². The van der Waals surface area contributed by atoms with Crippen LogP contribution in [-0.4, -0.2) is 20.0 Å². The average molecular weight is 285 g/mol. The van der Waals surface area contributed by atoms with Gasteiger partial charge in [-0.1, -0.05) is 42.5 Å². The number of rotatable bonds is 4. The van der Waals surface area contributed by atoms with E-state index < -0.39 is 0 Å². The highest BCUT2D eigenvalue weighted by atomic mass is 32.1. The molecule has 0 bridgehead atoms. The van der Waals surface area contributed by atoms with E-state index in [1.807, 2.05) is 35.7 Å². The van der Waals surface area contributed by atoms with E-state index >= 15 is 0 Å². The molecule has 3 aromatic rings. The summed E-state index contributed by atoms with van der Waals surface area (Å²) < 4.78 is 1.79. The zero-order valence-corrected chi connectivity index (χ0v) is 12.0. The van der Waals surface area contributed by atoms with Gasteiger partial charge in [0.15, 0.2) is 0 Å². The van der Waals surface area contributed by atoms with Crippen LogP contribution < -0.4 is 5.73 Å². The van der Waals surface area contributed by atoms with Gasteiger partial charge in [0.2, 0.25) is 5.13 Å². The van der Waals surface area contributed by atoms with E-state index in [-0.39, 0.29) is 0 Å². The predicted molar refractivity (Wildman–Crippen MR) is 79.7 cm³/mol. The SMILES string of the molecule is CCc1c(CN)nnn1-c1nc(-c2ccccc2)cs1. The molecule has 2 N–H and O–H groups in total. The van der Waals surface area contributed by atoms with Crippen molar-refractivity contribution in [2.24, 2.45) is 5.73 Å². The molecule has 0 aliphatic heterocycles. The minimum absolute atomic E-state index is 0.403. The first-order valence-electron chi connectivity index (χ1n) is 6.48. The number of benzene rings is 1. The Morgan fingerprint density at radius 1 is 1.25 bits per heavy atom. The molecule has 6 heteroatoms. The number of thiazole rings is 1. The highest BCUT2D eigenvalue weighted by Gasteiger charge is 2.14. The Hall–Kier alpha value is -2.05. The van der Waals surface area contributed by atoms with Crippen molar-refractivity contribution in [3.8, 4) is 16.4 Å². The maximum Gasteiger partial charge on any atom is 0.212 e. The maximum atomic E-state index is 5.68. The van der Waals surface area contributed by atoms with Gasteiger partial charge >= 0.3 is 0 Å². The molecule has 20 heavy (non-hydrogen) atoms. The van der Waals surface area contributed by atoms with Gasteiger partial charge in [-0.15, -0.1) is 16.4 Å². The molecule has 2 heterocycles. The van der Waals surface area contributed by atoms with Gasteiger partial charge in [-0.25, -0.2) is 4.98 Å². The lowest BCUT2D eigenvalue weighted by atomic mass is 10.2. The van der Waals surface area contributed by atoms with Gasteiger partial charge in [-0.3, -0.25) is 0 Å². The summed E-state index contributed by atoms with van der Waals surface area (Å²) in [4.78, 5) is 4.65. The molecule has 0 aliphatic carbocycles. The summed E-state index contributed by atoms with van der Waals surface area (Å²) in [6.07, 6.45) is 0.833. The van der Waals surface area contributed by atoms with Crippen molar-refractivity contribution >= 4 is 11.3 Å². The van der Waals surface area contributed by atoms with Gasteiger partial charge in [-0.05, 0) is 6.42 Å². The lowest BCUT2D eigenvalue weighted by Gasteiger charge is -2.01. The molecule has 0 amide bonds. The summed E-state index contributed by atoms with van der Waals surface area (Å²) in [6, 6.07) is 10.1. The Balaban J connectivity index is 2.00. The highest BCUT2D eigenvalue weighted by molar-refractivity contribution is 7.12. The fourth-order valence-electron chi connectivity index (χ4n) is 2.10. The third-order valence-corrected chi connectivity index (χ3v) is 3.93. The molecule has 0 atom stereocenters. The van der Waals surface area contributed by atoms with Crippen molar-refractivity contribution in [3.05, 3.63) is 47.1 Å². The minimum Gasteiger partial charge on any atom is -0.325 e. The first-order chi connectivity index (χ1) is 9.83. The van der Waals surface area contributed by atoms with Crippen LogP contribution in [0.4, 0.5) is 0 Å². The van der Waals surface area contributed by atoms with E-state index in [1.165, 1.54) is 0 Å². The molecule has 1 aromatic carbocycles. The monoisotopic (exact) mass is 285 g/mol. The third-order valence-electron chi connectivity index (χ3n) is 3.11. The number of hydrogen-bond donors (Lipinski definition) is 1. The third kappa shape index (κ3) is 2.23. The normalized spacial score (nSPS) is 10.9. The molecule has 0 fully saturated rings. The Morgan fingerprint density at radius 3 is 2.75 bits per heavy atom. The molecule has 0 saturated heterocycles. The van der Waals surface area contributed by atoms with Gasteiger partial charge in [0.25, 0.3) is 0 Å². The smallest absolute Gasteiger partial charge is 0.212 e. The fraction of sp³-hybridized carbons (Fsp3) is 0.214. The van der Waals surface area contributed by atoms with E-state index in [1.54, 1.807) is 16.0 Å². The lowest BCUT2D eigenvalue weighted by molar-refractivity contribution is 0.762. The molecule has 0 aliphatic rings. The predicted octanol–water partition coefficient (Wildman–Crippen LogP) is 2.41. The van der Waals surface area contributed by atoms with Crippen molar-refractivity contribution in [2.45, 2.75) is 19.9 Å². The number of hydrogen-bond acceptors (Lipinski definition) is 5. The van der Waals surface area contributed by atoms with Crippen LogP contribution in [0, 0.1) is 0 Å². The molecule has 0 saturated carbocycles. The molecule has 5 nitrogen and oxygen atoms in total. The van der Waals surface area contributed by atoms with E-state index in [9.17, 15) is 0 Å². The molecule has 2 aromatic heterocycles. The molecular weight excluding hydrogens is 270 g/mol. The van der Waals surface area contributed by atoms with Gasteiger partial charge in [0, 0.05) is 17.5 Å². The van der Waals surface area contributed by atoms with Crippen LogP contribution in [0.3, 0.4) is 0 Å². The van der Waals surface area contributed by atoms with E-state index in [0.29, 0.717) is 6.54 Å². The molecule has 0 radical (unpaired) electrons. The van der Waals surface area contributed by atoms with Crippen LogP contribution in [0.25, 0.3) is 16.4 Å². The van der Waals surface area contributed by atoms with Crippen LogP contribution in [-0.2, 0) is 13.0 Å². The molecule has 0 unspecified atom stereocenters. The average Bonchev–Trinajstić information content (AvgIpc) is 3.14. The van der Waals surface area contributed by atoms with Crippen LogP contribution in [0.5, 0.6) is 0 Å². The summed E-state index contributed by atoms with van der Waals surface area (Å²) >= 11 is 1.56. The van der Waals surface area contributed by atoms with Crippen LogP contribution in [0.2, 0.25) is 0 Å². The second-order valence-corrected chi connectivity index (χ2v) is 5.17. The summed E-state index contributed by atoms with van der Waals surface area (Å²) in [5.74, 6) is 0. The molecule has 0 spiro atoms. The van der Waals surface area contributed by atoms with Gasteiger partial charge in [0.05, 0.1) is 17.1 Å². The first-order valence-corrected chi connectivity index (χ1v) is 7.36. The highest BCUT2D eigenvalue weighted by Crippen LogP contribution is 2.24. The second kappa shape index (κ2) is 5.52. The van der Waals surface area contributed by atoms with Crippen LogP contribution >= 0.6 is 11.3 Å². The number of aromatic nitrogens is 4. The van der Waals surface area contributed by atoms with Crippen molar-refractivity contribution < 1.29 is 0 Å². The summed E-state index contributed by atoms with van der Waals surface area (Å²) in [5.41, 5.74) is 9.61. The quantitative estimate of drug-likeness (QED) is 0.799. The molecule has 3 rings (SSSR count). The standard InChI is InChI=1S/C14H15N5S/c1-2-13-11(8-15)17-18-19(13)14-16-12(9-20-14)10-6-4-3-5-7-10/h3-7,9H,2,8,15H2,1H3. The number of nitrogens with two attached hydrogens (primary N) is 1. The largest absolute Gasteiger partial charge is 0.325 e. The topological polar surface area (TPSA) is 69.6 Å². The zero-order valence-electron chi connectivity index (χ0n) is 11.2. The molecule has 102 valence electrons. The van der Waals surface area contributed by atoms with Gasteiger partial charge in [-0.2, -0.15) is 4.68 Å². The Morgan fingerprint density at radius 2 is 2.05 bits per heavy atom. The van der Waals surface area contributed by atoms with Crippen LogP contribution in [0.1, 0.15) is 18.3 Å². The summed E-state index contributed by atoms with van der Waals surface area (Å²) in [5, 5.41) is 11.2. The first kappa shape index (κ1) is 13.0. The minimum atomic E-state index is 0.403. The van der Waals surface area contributed by atoms with E-state index in [4.69, 9.17) is 5.73 Å². The second-order valence-electron chi connectivity index (χ2n) is 4.33. The maximum absolute atomic E-state index is 5.68. The summed E-state index contributed by atoms with van der Waals surface area (Å²) in [7, 11) is 0. The zero-order chi connectivity index (χ0) is 13.9. The Labute approximate surface area is 121 Å². The lowest BCUT2D eigenvalue weighted by Crippen LogP contribution is -2.04. The fourth-order valence-corrected chi connectivity index (χ4v) is 2.91. The Kier molecular flexibility index (Phi) is 3.58. The van der Waals surface area contributed by atoms with Crippen molar-refractivity contribution in [1.82, 2.24) is 20.0 Å². The van der Waals surface area contributed by atoms with Crippen molar-refractivity contribution in [1.29, 1.82) is 0 Å². The van der Waals surface area contributed by atoms with Crippen molar-refractivity contribution in [2.75, 3.05) is 0 Å². The Bertz CT molecular complexity index is 701. The van der Waals surface area contributed by atoms with E-state index in [2.05, 4.69) is 22.2 Å². The van der Waals surface area contributed by atoms with Crippen molar-refractivity contribution in [3.63, 3.8) is 0 Å². The summed E-state index contributed by atoms with van der Waals surface area (Å²) in [6.45, 7) is 2.47.